The second-order valence-electron chi connectivity index (χ2n) is 7.86. The average molecular weight is 448 g/mol. The minimum Gasteiger partial charge on any atom is -0.481 e. The molecule has 0 aromatic heterocycles. The van der Waals surface area contributed by atoms with E-state index in [0.717, 1.165) is 31.5 Å². The number of esters is 1. The number of carboxylic acids is 2. The molecule has 0 radical (unpaired) electrons. The average Bonchev–Trinajstić information content (AvgIpc) is 2.76. The molecule has 0 fully saturated rings. The summed E-state index contributed by atoms with van der Waals surface area (Å²) in [5.41, 5.74) is 1.01. The van der Waals surface area contributed by atoms with Gasteiger partial charge in [0, 0.05) is 12.2 Å². The lowest BCUT2D eigenvalue weighted by molar-refractivity contribution is -0.153. The van der Waals surface area contributed by atoms with Crippen molar-refractivity contribution in [2.24, 2.45) is 0 Å². The van der Waals surface area contributed by atoms with E-state index >= 15 is 0 Å². The van der Waals surface area contributed by atoms with Crippen molar-refractivity contribution in [2.75, 3.05) is 11.9 Å². The predicted octanol–water partition coefficient (Wildman–Crippen LogP) is 5.66. The summed E-state index contributed by atoms with van der Waals surface area (Å²) in [4.78, 5) is 33.7. The van der Waals surface area contributed by atoms with Crippen LogP contribution in [0.25, 0.3) is 0 Å². The summed E-state index contributed by atoms with van der Waals surface area (Å²) in [5, 5.41) is 20.9. The van der Waals surface area contributed by atoms with Gasteiger partial charge < -0.3 is 20.3 Å². The summed E-state index contributed by atoms with van der Waals surface area (Å²) in [7, 11) is 0. The fourth-order valence-electron chi connectivity index (χ4n) is 3.17. The van der Waals surface area contributed by atoms with Crippen molar-refractivity contribution in [3.8, 4) is 0 Å². The lowest BCUT2D eigenvalue weighted by Gasteiger charge is -2.12. The Labute approximate surface area is 190 Å². The number of aliphatic carboxylic acids is 2. The van der Waals surface area contributed by atoms with Crippen LogP contribution in [-0.2, 0) is 14.3 Å². The van der Waals surface area contributed by atoms with Crippen molar-refractivity contribution in [1.29, 1.82) is 0 Å². The Bertz CT molecular complexity index is 714. The van der Waals surface area contributed by atoms with Gasteiger partial charge in [-0.3, -0.25) is 4.79 Å². The number of carbonyl (C=O) groups is 3. The number of anilines is 1. The van der Waals surface area contributed by atoms with Gasteiger partial charge in [-0.15, -0.1) is 0 Å². The molecule has 0 amide bonds. The highest BCUT2D eigenvalue weighted by atomic mass is 16.6. The zero-order valence-electron chi connectivity index (χ0n) is 19.1. The second-order valence-corrected chi connectivity index (χ2v) is 7.86. The van der Waals surface area contributed by atoms with E-state index in [9.17, 15) is 14.4 Å². The molecular formula is C25H37NO6. The Kier molecular flexibility index (Phi) is 14.3. The van der Waals surface area contributed by atoms with Crippen LogP contribution in [0.2, 0.25) is 0 Å². The highest BCUT2D eigenvalue weighted by Crippen LogP contribution is 2.13. The zero-order valence-corrected chi connectivity index (χ0v) is 19.1. The van der Waals surface area contributed by atoms with Crippen LogP contribution in [0.3, 0.4) is 0 Å². The first-order valence-electron chi connectivity index (χ1n) is 11.6. The molecule has 0 aliphatic heterocycles. The van der Waals surface area contributed by atoms with Crippen LogP contribution in [0.1, 0.15) is 87.9 Å². The Morgan fingerprint density at radius 3 is 2.09 bits per heavy atom. The molecule has 3 N–H and O–H groups in total. The van der Waals surface area contributed by atoms with Crippen LogP contribution in [-0.4, -0.2) is 40.8 Å². The van der Waals surface area contributed by atoms with E-state index in [1.807, 2.05) is 0 Å². The van der Waals surface area contributed by atoms with Gasteiger partial charge in [0.2, 0.25) is 6.10 Å². The fraction of sp³-hybridized carbons (Fsp3) is 0.560. The lowest BCUT2D eigenvalue weighted by Crippen LogP contribution is -2.29. The second kappa shape index (κ2) is 16.8. The standard InChI is InChI=1S/C25H37NO6/c1-2-3-4-5-6-7-8-9-10-11-12-13-18-26-21-16-14-20(15-17-21)25(31)32-22(24(29)30)19-23(27)28/h10-11,14-17,22,26H,2-9,12-13,18-19H2,1H3,(H,27,28)(H,29,30)/b11-10+. The number of rotatable bonds is 18. The van der Waals surface area contributed by atoms with Gasteiger partial charge in [-0.05, 0) is 49.9 Å². The number of benzene rings is 1. The molecule has 0 bridgehead atoms. The smallest absolute Gasteiger partial charge is 0.345 e. The van der Waals surface area contributed by atoms with Crippen molar-refractivity contribution in [3.63, 3.8) is 0 Å². The minimum absolute atomic E-state index is 0.167. The lowest BCUT2D eigenvalue weighted by atomic mass is 10.1. The van der Waals surface area contributed by atoms with Gasteiger partial charge in [0.1, 0.15) is 0 Å². The van der Waals surface area contributed by atoms with E-state index in [1.54, 1.807) is 12.1 Å². The Balaban J connectivity index is 2.20. The van der Waals surface area contributed by atoms with Gasteiger partial charge >= 0.3 is 17.9 Å². The maximum atomic E-state index is 12.0. The molecule has 7 heteroatoms. The summed E-state index contributed by atoms with van der Waals surface area (Å²) in [6.45, 7) is 3.04. The van der Waals surface area contributed by atoms with Gasteiger partial charge in [-0.25, -0.2) is 9.59 Å². The quantitative estimate of drug-likeness (QED) is 0.151. The molecule has 0 saturated carbocycles. The van der Waals surface area contributed by atoms with Crippen LogP contribution in [0.5, 0.6) is 0 Å². The first kappa shape index (κ1) is 27.2. The highest BCUT2D eigenvalue weighted by Gasteiger charge is 2.25. The third-order valence-corrected chi connectivity index (χ3v) is 5.02. The predicted molar refractivity (Wildman–Crippen MR) is 125 cm³/mol. The van der Waals surface area contributed by atoms with E-state index in [0.29, 0.717) is 0 Å². The first-order valence-corrected chi connectivity index (χ1v) is 11.6. The van der Waals surface area contributed by atoms with Gasteiger partial charge in [0.15, 0.2) is 0 Å². The summed E-state index contributed by atoms with van der Waals surface area (Å²) in [5.74, 6) is -3.70. The van der Waals surface area contributed by atoms with E-state index in [1.165, 1.54) is 57.1 Å². The Morgan fingerprint density at radius 2 is 1.50 bits per heavy atom. The van der Waals surface area contributed by atoms with Crippen molar-refractivity contribution in [3.05, 3.63) is 42.0 Å². The monoisotopic (exact) mass is 447 g/mol. The van der Waals surface area contributed by atoms with Gasteiger partial charge in [-0.1, -0.05) is 57.6 Å². The number of allylic oxidation sites excluding steroid dienone is 2. The van der Waals surface area contributed by atoms with Crippen molar-refractivity contribution < 1.29 is 29.3 Å². The fourth-order valence-corrected chi connectivity index (χ4v) is 3.17. The van der Waals surface area contributed by atoms with Crippen LogP contribution in [0, 0.1) is 0 Å². The third-order valence-electron chi connectivity index (χ3n) is 5.02. The largest absolute Gasteiger partial charge is 0.481 e. The molecule has 0 spiro atoms. The molecule has 32 heavy (non-hydrogen) atoms. The van der Waals surface area contributed by atoms with Crippen LogP contribution in [0.15, 0.2) is 36.4 Å². The number of ether oxygens (including phenoxy) is 1. The molecule has 0 aliphatic carbocycles. The summed E-state index contributed by atoms with van der Waals surface area (Å²) >= 11 is 0. The van der Waals surface area contributed by atoms with E-state index in [4.69, 9.17) is 14.9 Å². The number of hydrogen-bond donors (Lipinski definition) is 3. The molecular weight excluding hydrogens is 410 g/mol. The molecule has 7 nitrogen and oxygen atoms in total. The SMILES string of the molecule is CCCCCCCCC/C=C/CCCNc1ccc(C(=O)OC(CC(=O)O)C(=O)O)cc1. The molecule has 0 aliphatic rings. The van der Waals surface area contributed by atoms with Crippen molar-refractivity contribution >= 4 is 23.6 Å². The van der Waals surface area contributed by atoms with E-state index in [-0.39, 0.29) is 5.56 Å². The third kappa shape index (κ3) is 12.8. The Hall–Kier alpha value is -2.83. The molecule has 1 aromatic rings. The molecule has 1 unspecified atom stereocenters. The summed E-state index contributed by atoms with van der Waals surface area (Å²) in [6.07, 6.45) is 14.4. The molecule has 178 valence electrons. The van der Waals surface area contributed by atoms with Gasteiger partial charge in [0.25, 0.3) is 0 Å². The number of carboxylic acid groups (broad SMARTS) is 2. The number of nitrogens with one attached hydrogen (secondary N) is 1. The van der Waals surface area contributed by atoms with Crippen LogP contribution >= 0.6 is 0 Å². The van der Waals surface area contributed by atoms with E-state index < -0.39 is 30.4 Å². The molecule has 0 heterocycles. The summed E-state index contributed by atoms with van der Waals surface area (Å²) in [6, 6.07) is 6.46. The molecule has 1 aromatic carbocycles. The first-order chi connectivity index (χ1) is 15.4. The van der Waals surface area contributed by atoms with Crippen LogP contribution < -0.4 is 5.32 Å². The number of unbranched alkanes of at least 4 members (excludes halogenated alkanes) is 8. The maximum absolute atomic E-state index is 12.0. The number of carbonyl (C=O) groups excluding carboxylic acids is 1. The Morgan fingerprint density at radius 1 is 0.906 bits per heavy atom. The molecule has 1 rings (SSSR count). The topological polar surface area (TPSA) is 113 Å². The molecule has 0 saturated heterocycles. The zero-order chi connectivity index (χ0) is 23.6. The van der Waals surface area contributed by atoms with Gasteiger partial charge in [0.05, 0.1) is 12.0 Å². The normalized spacial score (nSPS) is 11.9. The summed E-state index contributed by atoms with van der Waals surface area (Å²) < 4.78 is 4.78. The van der Waals surface area contributed by atoms with Crippen molar-refractivity contribution in [1.82, 2.24) is 0 Å². The number of hydrogen-bond acceptors (Lipinski definition) is 5. The minimum atomic E-state index is -1.71. The van der Waals surface area contributed by atoms with E-state index in [2.05, 4.69) is 24.4 Å². The van der Waals surface area contributed by atoms with Crippen LogP contribution in [0.4, 0.5) is 5.69 Å². The highest BCUT2D eigenvalue weighted by molar-refractivity contribution is 5.92. The van der Waals surface area contributed by atoms with Crippen molar-refractivity contribution in [2.45, 2.75) is 83.7 Å². The van der Waals surface area contributed by atoms with Gasteiger partial charge in [-0.2, -0.15) is 0 Å². The maximum Gasteiger partial charge on any atom is 0.345 e. The molecule has 1 atom stereocenters.